The summed E-state index contributed by atoms with van der Waals surface area (Å²) in [5.41, 5.74) is 0. The highest BCUT2D eigenvalue weighted by Gasteiger charge is 2.20. The van der Waals surface area contributed by atoms with Crippen LogP contribution < -0.4 is 9.80 Å². The monoisotopic (exact) mass is 260 g/mol. The van der Waals surface area contributed by atoms with Gasteiger partial charge in [0.05, 0.1) is 0 Å². The Morgan fingerprint density at radius 3 is 2.16 bits per heavy atom. The smallest absolute Gasteiger partial charge is 0.134 e. The van der Waals surface area contributed by atoms with Gasteiger partial charge in [-0.25, -0.2) is 9.97 Å². The van der Waals surface area contributed by atoms with Crippen molar-refractivity contribution in [3.8, 4) is 0 Å². The highest BCUT2D eigenvalue weighted by atomic mass is 15.2. The lowest BCUT2D eigenvalue weighted by molar-refractivity contribution is 0.393. The van der Waals surface area contributed by atoms with E-state index in [1.54, 1.807) is 6.33 Å². The maximum Gasteiger partial charge on any atom is 0.134 e. The van der Waals surface area contributed by atoms with E-state index in [2.05, 4.69) is 32.8 Å². The summed E-state index contributed by atoms with van der Waals surface area (Å²) in [6.45, 7) is 6.89. The average molecular weight is 260 g/mol. The molecule has 0 amide bonds. The number of nitrogens with zero attached hydrogens (tertiary/aromatic N) is 4. The van der Waals surface area contributed by atoms with E-state index in [-0.39, 0.29) is 0 Å². The second kappa shape index (κ2) is 5.76. The quantitative estimate of drug-likeness (QED) is 0.836. The van der Waals surface area contributed by atoms with Gasteiger partial charge in [-0.15, -0.1) is 0 Å². The highest BCUT2D eigenvalue weighted by Crippen LogP contribution is 2.26. The van der Waals surface area contributed by atoms with Crippen LogP contribution in [0.2, 0.25) is 0 Å². The molecule has 0 bridgehead atoms. The van der Waals surface area contributed by atoms with Gasteiger partial charge in [-0.1, -0.05) is 13.3 Å². The molecule has 0 aliphatic carbocycles. The first-order valence-corrected chi connectivity index (χ1v) is 7.68. The van der Waals surface area contributed by atoms with Gasteiger partial charge in [-0.2, -0.15) is 0 Å². The first-order chi connectivity index (χ1) is 9.36. The number of anilines is 2. The molecule has 0 saturated carbocycles. The van der Waals surface area contributed by atoms with Crippen LogP contribution in [0, 0.1) is 5.92 Å². The third-order valence-corrected chi connectivity index (χ3v) is 4.58. The first-order valence-electron chi connectivity index (χ1n) is 7.68. The SMILES string of the molecule is CCC1CCN(c2cc(N3CCCC3)ncn2)CC1. The van der Waals surface area contributed by atoms with E-state index in [9.17, 15) is 0 Å². The molecule has 3 rings (SSSR count). The minimum absolute atomic E-state index is 0.913. The fraction of sp³-hybridized carbons (Fsp3) is 0.733. The minimum Gasteiger partial charge on any atom is -0.356 e. The van der Waals surface area contributed by atoms with Gasteiger partial charge in [-0.05, 0) is 31.6 Å². The summed E-state index contributed by atoms with van der Waals surface area (Å²) in [6.07, 6.45) is 8.24. The summed E-state index contributed by atoms with van der Waals surface area (Å²) in [4.78, 5) is 13.7. The Kier molecular flexibility index (Phi) is 3.85. The van der Waals surface area contributed by atoms with Crippen LogP contribution in [0.15, 0.2) is 12.4 Å². The molecule has 0 atom stereocenters. The van der Waals surface area contributed by atoms with Crippen LogP contribution in [0.3, 0.4) is 0 Å². The van der Waals surface area contributed by atoms with Crippen molar-refractivity contribution in [2.75, 3.05) is 36.0 Å². The van der Waals surface area contributed by atoms with Crippen molar-refractivity contribution in [3.63, 3.8) is 0 Å². The predicted octanol–water partition coefficient (Wildman–Crippen LogP) is 2.70. The van der Waals surface area contributed by atoms with E-state index in [0.29, 0.717) is 0 Å². The van der Waals surface area contributed by atoms with E-state index in [4.69, 9.17) is 0 Å². The molecule has 2 saturated heterocycles. The van der Waals surface area contributed by atoms with Crippen LogP contribution in [0.5, 0.6) is 0 Å². The summed E-state index contributed by atoms with van der Waals surface area (Å²) < 4.78 is 0. The lowest BCUT2D eigenvalue weighted by Crippen LogP contribution is -2.34. The molecule has 0 N–H and O–H groups in total. The minimum atomic E-state index is 0.913. The maximum atomic E-state index is 4.47. The lowest BCUT2D eigenvalue weighted by atomic mass is 9.94. The van der Waals surface area contributed by atoms with E-state index in [1.165, 1.54) is 32.1 Å². The van der Waals surface area contributed by atoms with Crippen molar-refractivity contribution in [3.05, 3.63) is 12.4 Å². The molecule has 19 heavy (non-hydrogen) atoms. The van der Waals surface area contributed by atoms with Crippen molar-refractivity contribution in [2.24, 2.45) is 5.92 Å². The number of rotatable bonds is 3. The summed E-state index contributed by atoms with van der Waals surface area (Å²) in [6, 6.07) is 2.18. The Morgan fingerprint density at radius 1 is 1.00 bits per heavy atom. The first kappa shape index (κ1) is 12.7. The maximum absolute atomic E-state index is 4.47. The Balaban J connectivity index is 1.69. The van der Waals surface area contributed by atoms with Crippen molar-refractivity contribution >= 4 is 11.6 Å². The second-order valence-electron chi connectivity index (χ2n) is 5.77. The molecule has 2 fully saturated rings. The number of piperidine rings is 1. The summed E-state index contributed by atoms with van der Waals surface area (Å²) in [5.74, 6) is 3.14. The van der Waals surface area contributed by atoms with Crippen LogP contribution in [-0.2, 0) is 0 Å². The van der Waals surface area contributed by atoms with Gasteiger partial charge in [0.25, 0.3) is 0 Å². The molecular weight excluding hydrogens is 236 g/mol. The number of hydrogen-bond donors (Lipinski definition) is 0. The Bertz CT molecular complexity index is 406. The van der Waals surface area contributed by atoms with E-state index in [0.717, 1.165) is 43.7 Å². The average Bonchev–Trinajstić information content (AvgIpc) is 3.02. The lowest BCUT2D eigenvalue weighted by Gasteiger charge is -2.32. The van der Waals surface area contributed by atoms with Crippen molar-refractivity contribution in [1.29, 1.82) is 0 Å². The molecule has 0 aromatic carbocycles. The van der Waals surface area contributed by atoms with Gasteiger partial charge < -0.3 is 9.80 Å². The molecule has 0 unspecified atom stereocenters. The van der Waals surface area contributed by atoms with Crippen LogP contribution in [0.4, 0.5) is 11.6 Å². The molecule has 4 nitrogen and oxygen atoms in total. The van der Waals surface area contributed by atoms with Gasteiger partial charge in [0.1, 0.15) is 18.0 Å². The summed E-state index contributed by atoms with van der Waals surface area (Å²) in [5, 5.41) is 0. The molecule has 0 spiro atoms. The van der Waals surface area contributed by atoms with Gasteiger partial charge >= 0.3 is 0 Å². The topological polar surface area (TPSA) is 32.3 Å². The molecule has 104 valence electrons. The standard InChI is InChI=1S/C15H24N4/c1-2-13-5-9-19(10-6-13)15-11-14(16-12-17-15)18-7-3-4-8-18/h11-13H,2-10H2,1H3. The molecule has 1 aromatic heterocycles. The normalized spacial score (nSPS) is 21.1. The summed E-state index contributed by atoms with van der Waals surface area (Å²) >= 11 is 0. The fourth-order valence-corrected chi connectivity index (χ4v) is 3.20. The van der Waals surface area contributed by atoms with Crippen LogP contribution >= 0.6 is 0 Å². The largest absolute Gasteiger partial charge is 0.356 e. The third kappa shape index (κ3) is 2.82. The third-order valence-electron chi connectivity index (χ3n) is 4.58. The Labute approximate surface area is 115 Å². The fourth-order valence-electron chi connectivity index (χ4n) is 3.20. The van der Waals surface area contributed by atoms with Crippen LogP contribution in [0.25, 0.3) is 0 Å². The molecule has 3 heterocycles. The molecule has 2 aliphatic heterocycles. The van der Waals surface area contributed by atoms with E-state index in [1.807, 2.05) is 0 Å². The predicted molar refractivity (Wildman–Crippen MR) is 78.7 cm³/mol. The van der Waals surface area contributed by atoms with Crippen molar-refractivity contribution in [1.82, 2.24) is 9.97 Å². The number of hydrogen-bond acceptors (Lipinski definition) is 4. The van der Waals surface area contributed by atoms with Crippen LogP contribution in [-0.4, -0.2) is 36.1 Å². The summed E-state index contributed by atoms with van der Waals surface area (Å²) in [7, 11) is 0. The van der Waals surface area contributed by atoms with Crippen molar-refractivity contribution in [2.45, 2.75) is 39.0 Å². The number of aromatic nitrogens is 2. The Hall–Kier alpha value is -1.32. The van der Waals surface area contributed by atoms with Gasteiger partial charge in [-0.3, -0.25) is 0 Å². The van der Waals surface area contributed by atoms with Crippen LogP contribution in [0.1, 0.15) is 39.0 Å². The molecule has 1 aromatic rings. The van der Waals surface area contributed by atoms with E-state index < -0.39 is 0 Å². The van der Waals surface area contributed by atoms with Gasteiger partial charge in [0.15, 0.2) is 0 Å². The molecular formula is C15H24N4. The zero-order chi connectivity index (χ0) is 13.1. The van der Waals surface area contributed by atoms with E-state index >= 15 is 0 Å². The zero-order valence-electron chi connectivity index (χ0n) is 11.9. The zero-order valence-corrected chi connectivity index (χ0v) is 11.9. The van der Waals surface area contributed by atoms with Crippen molar-refractivity contribution < 1.29 is 0 Å². The molecule has 2 aliphatic rings. The van der Waals surface area contributed by atoms with Gasteiger partial charge in [0, 0.05) is 32.2 Å². The molecule has 0 radical (unpaired) electrons. The Morgan fingerprint density at radius 2 is 1.58 bits per heavy atom. The van der Waals surface area contributed by atoms with Gasteiger partial charge in [0.2, 0.25) is 0 Å². The highest BCUT2D eigenvalue weighted by molar-refractivity contribution is 5.50. The second-order valence-corrected chi connectivity index (χ2v) is 5.77. The molecule has 4 heteroatoms.